The standard InChI is InChI=1S/C16H15NO3.C7H15N/c1-11-7-9-12(10-8-11)14(16(19)20)17-15(18)13-5-3-2-4-6-13;1-7-3-5-8(2)6-4-7/h2-10,14H,1H3,(H,17,18)(H,19,20);7H,3-6H2,1-2H3. The first-order chi connectivity index (χ1) is 13.4. The Morgan fingerprint density at radius 1 is 1.04 bits per heavy atom. The van der Waals surface area contributed by atoms with Crippen LogP contribution >= 0.6 is 0 Å². The molecule has 2 aromatic rings. The van der Waals surface area contributed by atoms with Crippen LogP contribution < -0.4 is 5.32 Å². The molecule has 2 aromatic carbocycles. The number of likely N-dealkylation sites (tertiary alicyclic amines) is 1. The van der Waals surface area contributed by atoms with Gasteiger partial charge in [-0.3, -0.25) is 4.79 Å². The average molecular weight is 383 g/mol. The van der Waals surface area contributed by atoms with Crippen molar-refractivity contribution in [3.63, 3.8) is 0 Å². The number of piperidine rings is 1. The van der Waals surface area contributed by atoms with Crippen LogP contribution in [-0.2, 0) is 4.79 Å². The predicted octanol–water partition coefficient (Wildman–Crippen LogP) is 3.90. The van der Waals surface area contributed by atoms with Crippen LogP contribution in [0, 0.1) is 12.8 Å². The van der Waals surface area contributed by atoms with E-state index in [1.807, 2.05) is 19.1 Å². The molecule has 0 aliphatic carbocycles. The number of hydrogen-bond donors (Lipinski definition) is 2. The lowest BCUT2D eigenvalue weighted by Gasteiger charge is -2.26. The molecular weight excluding hydrogens is 352 g/mol. The van der Waals surface area contributed by atoms with Crippen LogP contribution in [0.1, 0.15) is 47.3 Å². The highest BCUT2D eigenvalue weighted by Crippen LogP contribution is 2.15. The molecule has 1 amide bonds. The summed E-state index contributed by atoms with van der Waals surface area (Å²) >= 11 is 0. The summed E-state index contributed by atoms with van der Waals surface area (Å²) in [6.45, 7) is 6.87. The van der Waals surface area contributed by atoms with E-state index in [0.717, 1.165) is 11.5 Å². The smallest absolute Gasteiger partial charge is 0.330 e. The maximum atomic E-state index is 12.0. The minimum atomic E-state index is -1.09. The Morgan fingerprint density at radius 2 is 1.61 bits per heavy atom. The third-order valence-electron chi connectivity index (χ3n) is 4.98. The molecule has 1 saturated heterocycles. The van der Waals surface area contributed by atoms with E-state index in [1.54, 1.807) is 42.5 Å². The van der Waals surface area contributed by atoms with Gasteiger partial charge >= 0.3 is 5.97 Å². The first-order valence-electron chi connectivity index (χ1n) is 9.70. The summed E-state index contributed by atoms with van der Waals surface area (Å²) in [6, 6.07) is 14.5. The van der Waals surface area contributed by atoms with Gasteiger partial charge in [0.05, 0.1) is 0 Å². The molecule has 1 aliphatic rings. The van der Waals surface area contributed by atoms with Crippen molar-refractivity contribution in [2.24, 2.45) is 5.92 Å². The van der Waals surface area contributed by atoms with Crippen molar-refractivity contribution >= 4 is 11.9 Å². The fourth-order valence-electron chi connectivity index (χ4n) is 2.99. The summed E-state index contributed by atoms with van der Waals surface area (Å²) in [5.41, 5.74) is 2.02. The minimum absolute atomic E-state index is 0.404. The molecule has 28 heavy (non-hydrogen) atoms. The lowest BCUT2D eigenvalue weighted by atomic mass is 10.00. The van der Waals surface area contributed by atoms with Gasteiger partial charge < -0.3 is 15.3 Å². The van der Waals surface area contributed by atoms with Crippen LogP contribution in [-0.4, -0.2) is 42.0 Å². The van der Waals surface area contributed by atoms with E-state index in [0.29, 0.717) is 11.1 Å². The van der Waals surface area contributed by atoms with Gasteiger partial charge in [-0.15, -0.1) is 0 Å². The van der Waals surface area contributed by atoms with E-state index >= 15 is 0 Å². The number of hydrogen-bond acceptors (Lipinski definition) is 3. The highest BCUT2D eigenvalue weighted by Gasteiger charge is 2.22. The Labute approximate surface area is 167 Å². The fraction of sp³-hybridized carbons (Fsp3) is 0.391. The van der Waals surface area contributed by atoms with E-state index in [1.165, 1.54) is 25.9 Å². The van der Waals surface area contributed by atoms with E-state index in [4.69, 9.17) is 0 Å². The van der Waals surface area contributed by atoms with Gasteiger partial charge in [-0.05, 0) is 63.5 Å². The van der Waals surface area contributed by atoms with Gasteiger partial charge in [0, 0.05) is 5.56 Å². The zero-order valence-corrected chi connectivity index (χ0v) is 16.9. The van der Waals surface area contributed by atoms with Crippen LogP contribution in [0.2, 0.25) is 0 Å². The van der Waals surface area contributed by atoms with Crippen LogP contribution in [0.3, 0.4) is 0 Å². The van der Waals surface area contributed by atoms with Crippen LogP contribution in [0.5, 0.6) is 0 Å². The van der Waals surface area contributed by atoms with Gasteiger partial charge in [-0.2, -0.15) is 0 Å². The summed E-state index contributed by atoms with van der Waals surface area (Å²) in [6.07, 6.45) is 2.80. The topological polar surface area (TPSA) is 69.6 Å². The average Bonchev–Trinajstić information content (AvgIpc) is 2.70. The molecule has 0 aromatic heterocycles. The van der Waals surface area contributed by atoms with Crippen molar-refractivity contribution in [2.75, 3.05) is 20.1 Å². The molecule has 5 heteroatoms. The Bertz CT molecular complexity index is 741. The molecule has 0 spiro atoms. The zero-order chi connectivity index (χ0) is 20.5. The number of aliphatic carboxylic acids is 1. The van der Waals surface area contributed by atoms with Gasteiger partial charge in [0.2, 0.25) is 0 Å². The molecule has 1 fully saturated rings. The number of amides is 1. The maximum absolute atomic E-state index is 12.0. The number of carbonyl (C=O) groups is 2. The van der Waals surface area contributed by atoms with Crippen molar-refractivity contribution in [3.8, 4) is 0 Å². The van der Waals surface area contributed by atoms with Gasteiger partial charge in [0.1, 0.15) is 0 Å². The SMILES string of the molecule is CC1CCN(C)CC1.Cc1ccc(C(NC(=O)c2ccccc2)C(=O)O)cc1. The molecule has 1 heterocycles. The van der Waals surface area contributed by atoms with Crippen LogP contribution in [0.25, 0.3) is 0 Å². The maximum Gasteiger partial charge on any atom is 0.330 e. The second kappa shape index (κ2) is 10.6. The van der Waals surface area contributed by atoms with Crippen molar-refractivity contribution in [1.29, 1.82) is 0 Å². The summed E-state index contributed by atoms with van der Waals surface area (Å²) < 4.78 is 0. The Kier molecular flexibility index (Phi) is 8.20. The van der Waals surface area contributed by atoms with Gasteiger partial charge in [0.15, 0.2) is 6.04 Å². The Balaban J connectivity index is 0.000000292. The number of carbonyl (C=O) groups excluding carboxylic acids is 1. The number of nitrogens with zero attached hydrogens (tertiary/aromatic N) is 1. The molecule has 0 radical (unpaired) electrons. The van der Waals surface area contributed by atoms with Gasteiger partial charge in [-0.25, -0.2) is 4.79 Å². The zero-order valence-electron chi connectivity index (χ0n) is 16.9. The number of carboxylic acids is 1. The lowest BCUT2D eigenvalue weighted by Crippen LogP contribution is -2.33. The highest BCUT2D eigenvalue weighted by atomic mass is 16.4. The summed E-state index contributed by atoms with van der Waals surface area (Å²) in [5.74, 6) is -0.511. The first kappa shape index (κ1) is 21.6. The number of aryl methyl sites for hydroxylation is 1. The Morgan fingerprint density at radius 3 is 2.11 bits per heavy atom. The quantitative estimate of drug-likeness (QED) is 0.841. The number of carboxylic acid groups (broad SMARTS) is 1. The van der Waals surface area contributed by atoms with Gasteiger partial charge in [-0.1, -0.05) is 55.0 Å². The molecule has 3 rings (SSSR count). The van der Waals surface area contributed by atoms with E-state index in [2.05, 4.69) is 24.2 Å². The van der Waals surface area contributed by atoms with Crippen molar-refractivity contribution in [2.45, 2.75) is 32.7 Å². The van der Waals surface area contributed by atoms with E-state index in [9.17, 15) is 14.7 Å². The van der Waals surface area contributed by atoms with Gasteiger partial charge in [0.25, 0.3) is 5.91 Å². The number of benzene rings is 2. The molecule has 5 nitrogen and oxygen atoms in total. The minimum Gasteiger partial charge on any atom is -0.479 e. The summed E-state index contributed by atoms with van der Waals surface area (Å²) in [5, 5.41) is 11.8. The first-order valence-corrected chi connectivity index (χ1v) is 9.70. The summed E-state index contributed by atoms with van der Waals surface area (Å²) in [4.78, 5) is 25.8. The highest BCUT2D eigenvalue weighted by molar-refractivity contribution is 5.96. The molecule has 1 unspecified atom stereocenters. The van der Waals surface area contributed by atoms with E-state index in [-0.39, 0.29) is 0 Å². The third kappa shape index (κ3) is 6.82. The van der Waals surface area contributed by atoms with E-state index < -0.39 is 17.9 Å². The monoisotopic (exact) mass is 382 g/mol. The van der Waals surface area contributed by atoms with Crippen molar-refractivity contribution < 1.29 is 14.7 Å². The molecule has 2 N–H and O–H groups in total. The Hall–Kier alpha value is -2.66. The molecule has 1 aliphatic heterocycles. The number of rotatable bonds is 4. The predicted molar refractivity (Wildman–Crippen MR) is 111 cm³/mol. The second-order valence-corrected chi connectivity index (χ2v) is 7.51. The molecule has 0 saturated carbocycles. The largest absolute Gasteiger partial charge is 0.479 e. The number of nitrogens with one attached hydrogen (secondary N) is 1. The molecular formula is C23H30N2O3. The van der Waals surface area contributed by atoms with Crippen molar-refractivity contribution in [1.82, 2.24) is 10.2 Å². The van der Waals surface area contributed by atoms with Crippen molar-refractivity contribution in [3.05, 3.63) is 71.3 Å². The molecule has 1 atom stereocenters. The van der Waals surface area contributed by atoms with Crippen LogP contribution in [0.15, 0.2) is 54.6 Å². The lowest BCUT2D eigenvalue weighted by molar-refractivity contribution is -0.139. The normalized spacial score (nSPS) is 15.8. The molecule has 150 valence electrons. The van der Waals surface area contributed by atoms with Crippen LogP contribution in [0.4, 0.5) is 0 Å². The molecule has 0 bridgehead atoms. The summed E-state index contributed by atoms with van der Waals surface area (Å²) in [7, 11) is 2.20. The third-order valence-corrected chi connectivity index (χ3v) is 4.98. The fourth-order valence-corrected chi connectivity index (χ4v) is 2.99. The second-order valence-electron chi connectivity index (χ2n) is 7.51.